The van der Waals surface area contributed by atoms with Crippen LogP contribution >= 0.6 is 0 Å². The number of nitrogens with zero attached hydrogens (tertiary/aromatic N) is 1. The minimum absolute atomic E-state index is 0.473. The predicted molar refractivity (Wildman–Crippen MR) is 151 cm³/mol. The molecule has 0 aromatic heterocycles. The molecule has 5 aromatic carbocycles. The van der Waals surface area contributed by atoms with Gasteiger partial charge < -0.3 is 0 Å². The lowest BCUT2D eigenvalue weighted by Gasteiger charge is -2.39. The van der Waals surface area contributed by atoms with Crippen molar-refractivity contribution in [3.8, 4) is 0 Å². The van der Waals surface area contributed by atoms with Gasteiger partial charge in [-0.1, -0.05) is 102 Å². The summed E-state index contributed by atoms with van der Waals surface area (Å²) in [6.45, 7) is 4.29. The molecular weight excluding hydrogens is 422 g/mol. The maximum absolute atomic E-state index is 2.34. The van der Waals surface area contributed by atoms with Crippen LogP contribution in [0, 0.1) is 13.8 Å². The van der Waals surface area contributed by atoms with Crippen LogP contribution in [-0.4, -0.2) is 0 Å². The van der Waals surface area contributed by atoms with E-state index in [2.05, 4.69) is 159 Å². The summed E-state index contributed by atoms with van der Waals surface area (Å²) in [6, 6.07) is 50.1. The second kappa shape index (κ2) is 9.97. The van der Waals surface area contributed by atoms with Gasteiger partial charge in [0.1, 0.15) is 17.1 Å². The van der Waals surface area contributed by atoms with Gasteiger partial charge in [-0.2, -0.15) is 4.48 Å². The monoisotopic (exact) mass is 452 g/mol. The molecule has 0 fully saturated rings. The Morgan fingerprint density at radius 3 is 1.34 bits per heavy atom. The highest BCUT2D eigenvalue weighted by atomic mass is 15.4. The third-order valence-electron chi connectivity index (χ3n) is 6.52. The Kier molecular flexibility index (Phi) is 6.43. The van der Waals surface area contributed by atoms with E-state index < -0.39 is 0 Å². The highest BCUT2D eigenvalue weighted by Gasteiger charge is 2.41. The molecule has 1 nitrogen and oxygen atoms in total. The molecule has 0 saturated carbocycles. The molecule has 0 unspecified atom stereocenters. The molecular formula is C34H30N+. The van der Waals surface area contributed by atoms with Crippen molar-refractivity contribution < 1.29 is 0 Å². The van der Waals surface area contributed by atoms with Gasteiger partial charge in [0.05, 0.1) is 0 Å². The van der Waals surface area contributed by atoms with Crippen LogP contribution in [0.25, 0.3) is 11.8 Å². The Balaban J connectivity index is 1.95. The maximum atomic E-state index is 2.34. The van der Waals surface area contributed by atoms with Gasteiger partial charge in [0, 0.05) is 48.0 Å². The fourth-order valence-electron chi connectivity index (χ4n) is 4.74. The van der Waals surface area contributed by atoms with Gasteiger partial charge in [0.25, 0.3) is 0 Å². The molecule has 0 amide bonds. The highest BCUT2D eigenvalue weighted by Crippen LogP contribution is 2.51. The van der Waals surface area contributed by atoms with Crippen LogP contribution < -0.4 is 4.48 Å². The van der Waals surface area contributed by atoms with Gasteiger partial charge in [-0.3, -0.25) is 0 Å². The summed E-state index contributed by atoms with van der Waals surface area (Å²) in [5, 5.41) is 0. The molecule has 5 aromatic rings. The van der Waals surface area contributed by atoms with E-state index in [-0.39, 0.29) is 0 Å². The van der Waals surface area contributed by atoms with Gasteiger partial charge >= 0.3 is 0 Å². The summed E-state index contributed by atoms with van der Waals surface area (Å²) in [6.07, 6.45) is 2.34. The van der Waals surface area contributed by atoms with Gasteiger partial charge in [0.2, 0.25) is 0 Å². The van der Waals surface area contributed by atoms with Crippen LogP contribution in [0.1, 0.15) is 22.3 Å². The first kappa shape index (κ1) is 22.6. The molecule has 0 spiro atoms. The van der Waals surface area contributed by atoms with E-state index >= 15 is 0 Å². The Morgan fingerprint density at radius 2 is 0.857 bits per heavy atom. The van der Waals surface area contributed by atoms with E-state index in [1.165, 1.54) is 45.0 Å². The summed E-state index contributed by atoms with van der Waals surface area (Å²) in [5.41, 5.74) is 9.61. The topological polar surface area (TPSA) is 0 Å². The molecule has 0 atom stereocenters. The van der Waals surface area contributed by atoms with Gasteiger partial charge in [0.15, 0.2) is 5.70 Å². The predicted octanol–water partition coefficient (Wildman–Crippen LogP) is 9.47. The quantitative estimate of drug-likeness (QED) is 0.178. The number of rotatable bonds is 6. The number of para-hydroxylation sites is 1. The molecule has 0 bridgehead atoms. The Bertz CT molecular complexity index is 1350. The largest absolute Gasteiger partial charge is 0.194 e. The first-order valence-electron chi connectivity index (χ1n) is 12.1. The van der Waals surface area contributed by atoms with E-state index in [0.717, 1.165) is 0 Å². The molecule has 0 radical (unpaired) electrons. The van der Waals surface area contributed by atoms with Crippen molar-refractivity contribution >= 4 is 28.8 Å². The molecule has 35 heavy (non-hydrogen) atoms. The molecule has 1 heteroatoms. The zero-order valence-electron chi connectivity index (χ0n) is 20.3. The summed E-state index contributed by atoms with van der Waals surface area (Å²) in [4.78, 5) is 0. The Labute approximate surface area is 208 Å². The Hall–Kier alpha value is -4.20. The van der Waals surface area contributed by atoms with Crippen molar-refractivity contribution in [1.82, 2.24) is 4.48 Å². The Morgan fingerprint density at radius 1 is 0.457 bits per heavy atom. The van der Waals surface area contributed by atoms with Crippen molar-refractivity contribution in [1.29, 1.82) is 0 Å². The fourth-order valence-corrected chi connectivity index (χ4v) is 4.74. The van der Waals surface area contributed by atoms with Crippen LogP contribution in [0.2, 0.25) is 0 Å². The summed E-state index contributed by atoms with van der Waals surface area (Å²) >= 11 is 0. The number of aryl methyl sites for hydroxylation is 2. The molecule has 0 aliphatic rings. The molecule has 0 heterocycles. The second-order valence-electron chi connectivity index (χ2n) is 8.98. The van der Waals surface area contributed by atoms with Gasteiger partial charge in [-0.15, -0.1) is 0 Å². The number of quaternary nitrogens is 1. The lowest BCUT2D eigenvalue weighted by Crippen LogP contribution is -2.37. The average molecular weight is 453 g/mol. The molecule has 5 rings (SSSR count). The van der Waals surface area contributed by atoms with E-state index in [1.807, 2.05) is 0 Å². The SMILES string of the molecule is Cc1ccc([N+](C(=Cc2ccccc2)c2ccccc2)(c2ccccc2)c2ccc(C)cc2)cc1. The molecule has 0 N–H and O–H groups in total. The fraction of sp³-hybridized carbons (Fsp3) is 0.0588. The van der Waals surface area contributed by atoms with Crippen molar-refractivity contribution in [2.45, 2.75) is 13.8 Å². The molecule has 0 aliphatic carbocycles. The van der Waals surface area contributed by atoms with E-state index in [9.17, 15) is 0 Å². The molecule has 170 valence electrons. The number of benzene rings is 5. The molecule has 0 aliphatic heterocycles. The normalized spacial score (nSPS) is 11.9. The summed E-state index contributed by atoms with van der Waals surface area (Å²) < 4.78 is 0.473. The number of hydrogen-bond donors (Lipinski definition) is 0. The van der Waals surface area contributed by atoms with Crippen molar-refractivity contribution in [3.05, 3.63) is 162 Å². The lowest BCUT2D eigenvalue weighted by atomic mass is 9.99. The highest BCUT2D eigenvalue weighted by molar-refractivity contribution is 5.97. The summed E-state index contributed by atoms with van der Waals surface area (Å²) in [5.74, 6) is 0. The first-order valence-corrected chi connectivity index (χ1v) is 12.1. The van der Waals surface area contributed by atoms with Crippen LogP contribution in [0.4, 0.5) is 17.1 Å². The lowest BCUT2D eigenvalue weighted by molar-refractivity contribution is 0.718. The van der Waals surface area contributed by atoms with Crippen molar-refractivity contribution in [3.63, 3.8) is 0 Å². The van der Waals surface area contributed by atoms with Crippen LogP contribution in [-0.2, 0) is 0 Å². The van der Waals surface area contributed by atoms with E-state index in [0.29, 0.717) is 4.48 Å². The van der Waals surface area contributed by atoms with E-state index in [1.54, 1.807) is 0 Å². The van der Waals surface area contributed by atoms with Gasteiger partial charge in [-0.05, 0) is 31.5 Å². The van der Waals surface area contributed by atoms with Crippen LogP contribution in [0.5, 0.6) is 0 Å². The minimum Gasteiger partial charge on any atom is -0.194 e. The third-order valence-corrected chi connectivity index (χ3v) is 6.52. The van der Waals surface area contributed by atoms with Crippen LogP contribution in [0.3, 0.4) is 0 Å². The zero-order chi connectivity index (χ0) is 24.1. The van der Waals surface area contributed by atoms with Crippen molar-refractivity contribution in [2.24, 2.45) is 0 Å². The van der Waals surface area contributed by atoms with Crippen molar-refractivity contribution in [2.75, 3.05) is 0 Å². The maximum Gasteiger partial charge on any atom is 0.156 e. The minimum atomic E-state index is 0.473. The third kappa shape index (κ3) is 4.47. The van der Waals surface area contributed by atoms with Gasteiger partial charge in [-0.25, -0.2) is 0 Å². The molecule has 0 saturated heterocycles. The second-order valence-corrected chi connectivity index (χ2v) is 8.98. The number of hydrogen-bond acceptors (Lipinski definition) is 0. The summed E-state index contributed by atoms with van der Waals surface area (Å²) in [7, 11) is 0. The standard InChI is InChI=1S/C34H30N/c1-27-18-22-32(23-19-27)35(31-16-10-5-11-17-31,33-24-20-28(2)21-25-33)34(30-14-8-4-9-15-30)26-29-12-6-3-7-13-29/h3-26H,1-2H3/q+1. The first-order chi connectivity index (χ1) is 17.2. The van der Waals surface area contributed by atoms with Crippen LogP contribution in [0.15, 0.2) is 140 Å². The zero-order valence-corrected chi connectivity index (χ0v) is 20.3. The van der Waals surface area contributed by atoms with E-state index in [4.69, 9.17) is 0 Å². The smallest absolute Gasteiger partial charge is 0.156 e. The average Bonchev–Trinajstić information content (AvgIpc) is 2.92.